The summed E-state index contributed by atoms with van der Waals surface area (Å²) in [5.41, 5.74) is 2.11. The Morgan fingerprint density at radius 1 is 1.00 bits per heavy atom. The maximum atomic E-state index is 12.7. The summed E-state index contributed by atoms with van der Waals surface area (Å²) < 4.78 is 38.2. The van der Waals surface area contributed by atoms with E-state index >= 15 is 0 Å². The first-order valence-corrected chi connectivity index (χ1v) is 8.90. The van der Waals surface area contributed by atoms with Gasteiger partial charge in [0.05, 0.1) is 5.56 Å². The van der Waals surface area contributed by atoms with Gasteiger partial charge in [0.2, 0.25) is 0 Å². The van der Waals surface area contributed by atoms with Gasteiger partial charge in [-0.05, 0) is 60.4 Å². The van der Waals surface area contributed by atoms with Gasteiger partial charge in [-0.15, -0.1) is 0 Å². The Morgan fingerprint density at radius 3 is 2.40 bits per heavy atom. The first kappa shape index (κ1) is 16.6. The summed E-state index contributed by atoms with van der Waals surface area (Å²) in [5.74, 6) is 0.411. The number of nitrogens with zero attached hydrogens (tertiary/aromatic N) is 1. The number of hydrogen-bond donors (Lipinski definition) is 0. The van der Waals surface area contributed by atoms with Crippen molar-refractivity contribution in [3.8, 4) is 0 Å². The smallest absolute Gasteiger partial charge is 0.299 e. The third-order valence-corrected chi connectivity index (χ3v) is 5.77. The lowest BCUT2D eigenvalue weighted by molar-refractivity contribution is -0.137. The van der Waals surface area contributed by atoms with Crippen LogP contribution in [0.15, 0.2) is 54.6 Å². The zero-order chi connectivity index (χ0) is 17.5. The van der Waals surface area contributed by atoms with E-state index in [2.05, 4.69) is 29.2 Å². The molecule has 0 amide bonds. The first-order chi connectivity index (χ1) is 12.0. The van der Waals surface area contributed by atoms with Gasteiger partial charge in [-0.3, -0.25) is 4.90 Å². The minimum Gasteiger partial charge on any atom is -0.299 e. The van der Waals surface area contributed by atoms with E-state index in [1.54, 1.807) is 12.1 Å². The Labute approximate surface area is 146 Å². The highest BCUT2D eigenvalue weighted by Gasteiger charge is 2.55. The lowest BCUT2D eigenvalue weighted by Crippen LogP contribution is -2.36. The highest BCUT2D eigenvalue weighted by atomic mass is 19.4. The number of likely N-dealkylation sites (tertiary alicyclic amines) is 1. The molecule has 2 aromatic rings. The maximum absolute atomic E-state index is 12.7. The van der Waals surface area contributed by atoms with Crippen LogP contribution in [0.2, 0.25) is 0 Å². The van der Waals surface area contributed by atoms with Gasteiger partial charge in [0.15, 0.2) is 0 Å². The Bertz CT molecular complexity index is 723. The van der Waals surface area contributed by atoms with Crippen molar-refractivity contribution in [1.82, 2.24) is 4.90 Å². The van der Waals surface area contributed by atoms with Crippen LogP contribution in [0.25, 0.3) is 0 Å². The van der Waals surface area contributed by atoms with Crippen molar-refractivity contribution in [2.45, 2.75) is 37.9 Å². The van der Waals surface area contributed by atoms with E-state index in [1.165, 1.54) is 30.5 Å². The highest BCUT2D eigenvalue weighted by Crippen LogP contribution is 2.63. The van der Waals surface area contributed by atoms with Gasteiger partial charge in [-0.2, -0.15) is 13.2 Å². The van der Waals surface area contributed by atoms with Crippen molar-refractivity contribution in [2.24, 2.45) is 5.41 Å². The summed E-state index contributed by atoms with van der Waals surface area (Å²) in [5, 5.41) is 0. The van der Waals surface area contributed by atoms with Crippen LogP contribution >= 0.6 is 0 Å². The lowest BCUT2D eigenvalue weighted by atomic mass is 9.89. The largest absolute Gasteiger partial charge is 0.416 e. The molecule has 2 atom stereocenters. The minimum absolute atomic E-state index is 0.271. The second kappa shape index (κ2) is 6.17. The summed E-state index contributed by atoms with van der Waals surface area (Å²) in [6, 6.07) is 16.3. The fraction of sp³-hybridized carbons (Fsp3) is 0.429. The van der Waals surface area contributed by atoms with Crippen molar-refractivity contribution in [1.29, 1.82) is 0 Å². The average molecular weight is 345 g/mol. The zero-order valence-corrected chi connectivity index (χ0v) is 14.1. The zero-order valence-electron chi connectivity index (χ0n) is 14.1. The molecular formula is C21H22F3N. The van der Waals surface area contributed by atoms with Crippen molar-refractivity contribution >= 4 is 0 Å². The summed E-state index contributed by atoms with van der Waals surface area (Å²) in [6.07, 6.45) is -0.797. The van der Waals surface area contributed by atoms with Crippen LogP contribution in [0.3, 0.4) is 0 Å². The highest BCUT2D eigenvalue weighted by molar-refractivity contribution is 5.34. The van der Waals surface area contributed by atoms with E-state index in [4.69, 9.17) is 0 Å². The van der Waals surface area contributed by atoms with Gasteiger partial charge >= 0.3 is 6.18 Å². The Kier molecular flexibility index (Phi) is 4.11. The quantitative estimate of drug-likeness (QED) is 0.712. The normalized spacial score (nSPS) is 26.8. The van der Waals surface area contributed by atoms with E-state index in [9.17, 15) is 13.2 Å². The summed E-state index contributed by atoms with van der Waals surface area (Å²) in [4.78, 5) is 2.50. The molecule has 2 aliphatic rings. The molecule has 1 aliphatic carbocycles. The van der Waals surface area contributed by atoms with Crippen LogP contribution in [-0.2, 0) is 12.7 Å². The maximum Gasteiger partial charge on any atom is 0.416 e. The Balaban J connectivity index is 1.43. The molecule has 0 aromatic heterocycles. The molecule has 132 valence electrons. The lowest BCUT2D eigenvalue weighted by Gasteiger charge is -2.34. The van der Waals surface area contributed by atoms with E-state index in [1.807, 2.05) is 6.07 Å². The number of piperidine rings is 1. The van der Waals surface area contributed by atoms with Crippen molar-refractivity contribution in [3.63, 3.8) is 0 Å². The van der Waals surface area contributed by atoms with Crippen LogP contribution in [-0.4, -0.2) is 18.0 Å². The van der Waals surface area contributed by atoms with Crippen molar-refractivity contribution < 1.29 is 13.2 Å². The van der Waals surface area contributed by atoms with Gasteiger partial charge < -0.3 is 0 Å². The van der Waals surface area contributed by atoms with Crippen LogP contribution in [0.5, 0.6) is 0 Å². The molecule has 25 heavy (non-hydrogen) atoms. The third kappa shape index (κ3) is 3.45. The molecule has 4 heteroatoms. The molecule has 0 N–H and O–H groups in total. The SMILES string of the molecule is FC(F)(F)c1ccc(C2C[C@]23CCCN(Cc2ccccc2)C3)cc1. The number of hydrogen-bond acceptors (Lipinski definition) is 1. The molecule has 4 rings (SSSR count). The topological polar surface area (TPSA) is 3.24 Å². The molecule has 1 saturated heterocycles. The molecule has 1 saturated carbocycles. The van der Waals surface area contributed by atoms with Gasteiger partial charge in [-0.1, -0.05) is 42.5 Å². The fourth-order valence-electron chi connectivity index (χ4n) is 4.41. The molecule has 0 radical (unpaired) electrons. The van der Waals surface area contributed by atoms with E-state index in [0.717, 1.165) is 31.6 Å². The van der Waals surface area contributed by atoms with Crippen molar-refractivity contribution in [3.05, 3.63) is 71.3 Å². The summed E-state index contributed by atoms with van der Waals surface area (Å²) in [7, 11) is 0. The molecular weight excluding hydrogens is 323 g/mol. The van der Waals surface area contributed by atoms with Gasteiger partial charge in [0, 0.05) is 13.1 Å². The molecule has 1 nitrogen and oxygen atoms in total. The Morgan fingerprint density at radius 2 is 1.72 bits per heavy atom. The molecule has 1 heterocycles. The minimum atomic E-state index is -4.25. The third-order valence-electron chi connectivity index (χ3n) is 5.77. The predicted molar refractivity (Wildman–Crippen MR) is 92.2 cm³/mol. The van der Waals surface area contributed by atoms with Gasteiger partial charge in [0.1, 0.15) is 0 Å². The van der Waals surface area contributed by atoms with Gasteiger partial charge in [-0.25, -0.2) is 0 Å². The number of halogens is 3. The summed E-state index contributed by atoms with van der Waals surface area (Å²) in [6.45, 7) is 3.12. The number of alkyl halides is 3. The predicted octanol–water partition coefficient (Wildman–Crippen LogP) is 5.48. The van der Waals surface area contributed by atoms with Crippen LogP contribution in [0.4, 0.5) is 13.2 Å². The van der Waals surface area contributed by atoms with Crippen LogP contribution < -0.4 is 0 Å². The van der Waals surface area contributed by atoms with E-state index < -0.39 is 11.7 Å². The van der Waals surface area contributed by atoms with E-state index in [-0.39, 0.29) is 5.41 Å². The molecule has 1 unspecified atom stereocenters. The molecule has 2 fully saturated rings. The van der Waals surface area contributed by atoms with Crippen molar-refractivity contribution in [2.75, 3.05) is 13.1 Å². The average Bonchev–Trinajstić information content (AvgIpc) is 3.28. The second-order valence-electron chi connectivity index (χ2n) is 7.54. The monoisotopic (exact) mass is 345 g/mol. The molecule has 0 bridgehead atoms. The molecule has 1 aliphatic heterocycles. The van der Waals surface area contributed by atoms with E-state index in [0.29, 0.717) is 5.92 Å². The first-order valence-electron chi connectivity index (χ1n) is 8.90. The second-order valence-corrected chi connectivity index (χ2v) is 7.54. The number of benzene rings is 2. The standard InChI is InChI=1S/C21H22F3N/c22-21(23,24)18-9-7-17(8-10-18)19-13-20(19)11-4-12-25(15-20)14-16-5-2-1-3-6-16/h1-3,5-10,19H,4,11-15H2/t19?,20-/m0/s1. The summed E-state index contributed by atoms with van der Waals surface area (Å²) >= 11 is 0. The van der Waals surface area contributed by atoms with Crippen LogP contribution in [0.1, 0.15) is 41.9 Å². The molecule has 1 spiro atoms. The van der Waals surface area contributed by atoms with Crippen LogP contribution in [0, 0.1) is 5.41 Å². The number of rotatable bonds is 3. The van der Waals surface area contributed by atoms with Gasteiger partial charge in [0.25, 0.3) is 0 Å². The fourth-order valence-corrected chi connectivity index (χ4v) is 4.41. The molecule has 2 aromatic carbocycles. The Hall–Kier alpha value is -1.81.